The van der Waals surface area contributed by atoms with Crippen LogP contribution in [0.3, 0.4) is 0 Å². The Morgan fingerprint density at radius 2 is 1.73 bits per heavy atom. The van der Waals surface area contributed by atoms with Crippen LogP contribution in [-0.2, 0) is 26.0 Å². The van der Waals surface area contributed by atoms with Gasteiger partial charge in [0.2, 0.25) is 0 Å². The van der Waals surface area contributed by atoms with Crippen LogP contribution in [0.1, 0.15) is 24.8 Å². The third-order valence-electron chi connectivity index (χ3n) is 4.86. The van der Waals surface area contributed by atoms with E-state index >= 15 is 0 Å². The van der Waals surface area contributed by atoms with Crippen molar-refractivity contribution in [3.8, 4) is 0 Å². The number of nitrogens with zero attached hydrogens (tertiary/aromatic N) is 2. The van der Waals surface area contributed by atoms with Crippen LogP contribution in [0.4, 0.5) is 4.79 Å². The fourth-order valence-electron chi connectivity index (χ4n) is 3.32. The molecule has 2 aliphatic rings. The third-order valence-corrected chi connectivity index (χ3v) is 6.47. The van der Waals surface area contributed by atoms with Crippen molar-refractivity contribution in [2.75, 3.05) is 31.1 Å². The second-order valence-corrected chi connectivity index (χ2v) is 9.02. The van der Waals surface area contributed by atoms with Crippen LogP contribution in [-0.4, -0.2) is 67.4 Å². The van der Waals surface area contributed by atoms with E-state index in [1.54, 1.807) is 4.90 Å². The van der Waals surface area contributed by atoms with Crippen molar-refractivity contribution in [2.45, 2.75) is 31.9 Å². The Hall–Kier alpha value is -2.09. The largest absolute Gasteiger partial charge is 0.459 e. The standard InChI is InChI=1S/C18H24N2O5S/c21-17(25-14-15-6-2-1-3-7-15)16-8-4-5-9-20(16)18(22)19-10-12-26(23,24)13-11-19/h1-3,6-7,16H,4-5,8-14H2/t16-/m0/s1. The van der Waals surface area contributed by atoms with Crippen LogP contribution in [0, 0.1) is 0 Å². The van der Waals surface area contributed by atoms with Crippen molar-refractivity contribution < 1.29 is 22.7 Å². The van der Waals surface area contributed by atoms with E-state index in [1.807, 2.05) is 30.3 Å². The first-order valence-electron chi connectivity index (χ1n) is 8.93. The van der Waals surface area contributed by atoms with E-state index in [4.69, 9.17) is 4.74 Å². The summed E-state index contributed by atoms with van der Waals surface area (Å²) in [4.78, 5) is 28.4. The van der Waals surface area contributed by atoms with E-state index in [0.717, 1.165) is 18.4 Å². The first-order valence-corrected chi connectivity index (χ1v) is 10.7. The predicted octanol–water partition coefficient (Wildman–Crippen LogP) is 1.43. The zero-order valence-electron chi connectivity index (χ0n) is 14.7. The Bertz CT molecular complexity index is 736. The number of amides is 2. The first-order chi connectivity index (χ1) is 12.5. The maximum Gasteiger partial charge on any atom is 0.329 e. The van der Waals surface area contributed by atoms with Gasteiger partial charge in [0.05, 0.1) is 11.5 Å². The van der Waals surface area contributed by atoms with Gasteiger partial charge in [0, 0.05) is 19.6 Å². The molecular formula is C18H24N2O5S. The van der Waals surface area contributed by atoms with Crippen LogP contribution in [0.5, 0.6) is 0 Å². The Kier molecular flexibility index (Phi) is 5.80. The Balaban J connectivity index is 1.61. The highest BCUT2D eigenvalue weighted by atomic mass is 32.2. The zero-order chi connectivity index (χ0) is 18.6. The lowest BCUT2D eigenvalue weighted by Crippen LogP contribution is -2.56. The topological polar surface area (TPSA) is 84.0 Å². The van der Waals surface area contributed by atoms with E-state index in [2.05, 4.69) is 0 Å². The summed E-state index contributed by atoms with van der Waals surface area (Å²) >= 11 is 0. The second kappa shape index (κ2) is 8.07. The molecule has 3 rings (SSSR count). The summed E-state index contributed by atoms with van der Waals surface area (Å²) in [7, 11) is -3.05. The van der Waals surface area contributed by atoms with Crippen LogP contribution in [0.2, 0.25) is 0 Å². The number of urea groups is 1. The summed E-state index contributed by atoms with van der Waals surface area (Å²) in [6.45, 7) is 1.04. The van der Waals surface area contributed by atoms with Gasteiger partial charge in [-0.15, -0.1) is 0 Å². The van der Waals surface area contributed by atoms with Crippen LogP contribution in [0.15, 0.2) is 30.3 Å². The number of ether oxygens (including phenoxy) is 1. The lowest BCUT2D eigenvalue weighted by atomic mass is 10.0. The molecule has 0 unspecified atom stereocenters. The average molecular weight is 380 g/mol. The van der Waals surface area contributed by atoms with Gasteiger partial charge in [-0.2, -0.15) is 0 Å². The number of hydrogen-bond acceptors (Lipinski definition) is 5. The summed E-state index contributed by atoms with van der Waals surface area (Å²) < 4.78 is 28.5. The number of rotatable bonds is 3. The number of esters is 1. The minimum atomic E-state index is -3.05. The molecule has 0 bridgehead atoms. The highest BCUT2D eigenvalue weighted by molar-refractivity contribution is 7.91. The summed E-state index contributed by atoms with van der Waals surface area (Å²) in [6, 6.07) is 8.55. The van der Waals surface area contributed by atoms with Gasteiger partial charge in [-0.05, 0) is 24.8 Å². The van der Waals surface area contributed by atoms with E-state index in [9.17, 15) is 18.0 Å². The highest BCUT2D eigenvalue weighted by Crippen LogP contribution is 2.21. The Morgan fingerprint density at radius 3 is 2.42 bits per heavy atom. The average Bonchev–Trinajstić information content (AvgIpc) is 2.66. The SMILES string of the molecule is O=C(OCc1ccccc1)[C@@H]1CCCCN1C(=O)N1CCS(=O)(=O)CC1. The minimum Gasteiger partial charge on any atom is -0.459 e. The van der Waals surface area contributed by atoms with Crippen molar-refractivity contribution in [1.82, 2.24) is 9.80 Å². The molecule has 2 saturated heterocycles. The molecule has 7 nitrogen and oxygen atoms in total. The van der Waals surface area contributed by atoms with Gasteiger partial charge in [-0.1, -0.05) is 30.3 Å². The van der Waals surface area contributed by atoms with Gasteiger partial charge < -0.3 is 14.5 Å². The number of sulfone groups is 1. The van der Waals surface area contributed by atoms with Crippen molar-refractivity contribution in [1.29, 1.82) is 0 Å². The van der Waals surface area contributed by atoms with Crippen molar-refractivity contribution in [3.05, 3.63) is 35.9 Å². The van der Waals surface area contributed by atoms with Crippen molar-refractivity contribution in [2.24, 2.45) is 0 Å². The number of piperidine rings is 1. The normalized spacial score (nSPS) is 22.7. The molecule has 8 heteroatoms. The van der Waals surface area contributed by atoms with Crippen LogP contribution >= 0.6 is 0 Å². The van der Waals surface area contributed by atoms with Crippen LogP contribution < -0.4 is 0 Å². The summed E-state index contributed by atoms with van der Waals surface area (Å²) in [5.74, 6) is -0.433. The maximum absolute atomic E-state index is 12.8. The fraction of sp³-hybridized carbons (Fsp3) is 0.556. The number of likely N-dealkylation sites (tertiary alicyclic amines) is 1. The minimum absolute atomic E-state index is 0.0182. The first kappa shape index (κ1) is 18.7. The van der Waals surface area contributed by atoms with Gasteiger partial charge in [0.25, 0.3) is 0 Å². The quantitative estimate of drug-likeness (QED) is 0.741. The molecule has 0 radical (unpaired) electrons. The molecule has 2 fully saturated rings. The van der Waals surface area contributed by atoms with Gasteiger partial charge in [-0.3, -0.25) is 0 Å². The number of carbonyl (C=O) groups excluding carboxylic acids is 2. The van der Waals surface area contributed by atoms with Crippen molar-refractivity contribution in [3.63, 3.8) is 0 Å². The maximum atomic E-state index is 12.8. The molecule has 2 heterocycles. The predicted molar refractivity (Wildman–Crippen MR) is 96.2 cm³/mol. The smallest absolute Gasteiger partial charge is 0.329 e. The summed E-state index contributed by atoms with van der Waals surface area (Å²) in [5.41, 5.74) is 0.899. The monoisotopic (exact) mass is 380 g/mol. The highest BCUT2D eigenvalue weighted by Gasteiger charge is 2.37. The summed E-state index contributed by atoms with van der Waals surface area (Å²) in [6.07, 6.45) is 2.27. The van der Waals surface area contributed by atoms with E-state index in [-0.39, 0.29) is 37.2 Å². The van der Waals surface area contributed by atoms with Gasteiger partial charge in [0.1, 0.15) is 12.6 Å². The molecule has 142 valence electrons. The third kappa shape index (κ3) is 4.55. The molecule has 0 aliphatic carbocycles. The molecule has 26 heavy (non-hydrogen) atoms. The van der Waals surface area contributed by atoms with Gasteiger partial charge in [-0.25, -0.2) is 18.0 Å². The van der Waals surface area contributed by atoms with E-state index in [1.165, 1.54) is 4.90 Å². The molecule has 1 aromatic rings. The molecule has 2 amide bonds. The fourth-order valence-corrected chi connectivity index (χ4v) is 4.52. The molecule has 1 aromatic carbocycles. The molecule has 2 aliphatic heterocycles. The number of benzene rings is 1. The van der Waals surface area contributed by atoms with E-state index < -0.39 is 21.8 Å². The Labute approximate surface area is 153 Å². The number of carbonyl (C=O) groups is 2. The molecule has 0 saturated carbocycles. The molecule has 0 spiro atoms. The lowest BCUT2D eigenvalue weighted by molar-refractivity contribution is -0.151. The zero-order valence-corrected chi connectivity index (χ0v) is 15.5. The lowest BCUT2D eigenvalue weighted by Gasteiger charge is -2.38. The molecule has 0 N–H and O–H groups in total. The molecular weight excluding hydrogens is 356 g/mol. The van der Waals surface area contributed by atoms with Gasteiger partial charge in [0.15, 0.2) is 9.84 Å². The van der Waals surface area contributed by atoms with E-state index in [0.29, 0.717) is 13.0 Å². The second-order valence-electron chi connectivity index (χ2n) is 6.72. The van der Waals surface area contributed by atoms with Gasteiger partial charge >= 0.3 is 12.0 Å². The Morgan fingerprint density at radius 1 is 1.04 bits per heavy atom. The number of hydrogen-bond donors (Lipinski definition) is 0. The van der Waals surface area contributed by atoms with Crippen molar-refractivity contribution >= 4 is 21.8 Å². The molecule has 0 aromatic heterocycles. The van der Waals surface area contributed by atoms with Crippen LogP contribution in [0.25, 0.3) is 0 Å². The summed E-state index contributed by atoms with van der Waals surface area (Å²) in [5, 5.41) is 0. The molecule has 1 atom stereocenters.